The van der Waals surface area contributed by atoms with Gasteiger partial charge in [0.15, 0.2) is 0 Å². The fraction of sp³-hybridized carbons (Fsp3) is 0.364. The van der Waals surface area contributed by atoms with Gasteiger partial charge >= 0.3 is 0 Å². The summed E-state index contributed by atoms with van der Waals surface area (Å²) in [6.07, 6.45) is 5.10. The minimum Gasteiger partial charge on any atom is -0.497 e. The molecule has 0 radical (unpaired) electrons. The van der Waals surface area contributed by atoms with Gasteiger partial charge in [-0.3, -0.25) is 9.59 Å². The first-order chi connectivity index (χ1) is 14.1. The molecule has 1 aromatic heterocycles. The van der Waals surface area contributed by atoms with E-state index in [4.69, 9.17) is 13.9 Å². The number of hydrogen-bond donors (Lipinski definition) is 1. The van der Waals surface area contributed by atoms with E-state index < -0.39 is 17.4 Å². The number of nitrogens with one attached hydrogen (secondary N) is 1. The standard InChI is InChI=1S/C22H22N2O5/c1-27-15-6-4-14(5-7-15)11-23-20(25)18-17-8-9-22(29-17)13-24(21(26)19(18)22)12-16-3-2-10-28-16/h2-10,17-19H,11-13H2,1H3,(H,23,25)/t17-,18+,19+,22+/m1/s1. The summed E-state index contributed by atoms with van der Waals surface area (Å²) >= 11 is 0. The molecule has 3 aliphatic heterocycles. The number of carbonyl (C=O) groups is 2. The van der Waals surface area contributed by atoms with Crippen molar-refractivity contribution in [2.45, 2.75) is 24.8 Å². The summed E-state index contributed by atoms with van der Waals surface area (Å²) in [6, 6.07) is 11.2. The van der Waals surface area contributed by atoms with Crippen molar-refractivity contribution in [3.05, 3.63) is 66.1 Å². The van der Waals surface area contributed by atoms with Crippen molar-refractivity contribution in [1.82, 2.24) is 10.2 Å². The molecule has 7 nitrogen and oxygen atoms in total. The Labute approximate surface area is 168 Å². The lowest BCUT2D eigenvalue weighted by Crippen LogP contribution is -2.43. The molecule has 150 valence electrons. The number of likely N-dealkylation sites (tertiary alicyclic amines) is 1. The van der Waals surface area contributed by atoms with Gasteiger partial charge in [-0.1, -0.05) is 24.3 Å². The minimum absolute atomic E-state index is 0.0575. The highest BCUT2D eigenvalue weighted by atomic mass is 16.5. The SMILES string of the molecule is COc1ccc(CNC(=O)[C@@H]2[C@H]3C(=O)N(Cc4ccco4)C[C@@]34C=C[C@H]2O4)cc1. The summed E-state index contributed by atoms with van der Waals surface area (Å²) in [5, 5.41) is 2.97. The van der Waals surface area contributed by atoms with E-state index >= 15 is 0 Å². The van der Waals surface area contributed by atoms with E-state index in [0.717, 1.165) is 11.3 Å². The van der Waals surface area contributed by atoms with Gasteiger partial charge in [-0.05, 0) is 29.8 Å². The number of hydrogen-bond acceptors (Lipinski definition) is 5. The lowest BCUT2D eigenvalue weighted by atomic mass is 9.77. The summed E-state index contributed by atoms with van der Waals surface area (Å²) in [6.45, 7) is 1.21. The van der Waals surface area contributed by atoms with Crippen LogP contribution in [0, 0.1) is 11.8 Å². The number of rotatable bonds is 6. The third-order valence-electron chi connectivity index (χ3n) is 6.03. The molecular formula is C22H22N2O5. The van der Waals surface area contributed by atoms with E-state index in [1.54, 1.807) is 24.3 Å². The zero-order valence-electron chi connectivity index (χ0n) is 16.0. The Morgan fingerprint density at radius 1 is 1.31 bits per heavy atom. The molecule has 4 atom stereocenters. The molecule has 0 saturated carbocycles. The van der Waals surface area contributed by atoms with E-state index in [0.29, 0.717) is 25.4 Å². The third kappa shape index (κ3) is 2.93. The number of nitrogens with zero attached hydrogens (tertiary/aromatic N) is 1. The van der Waals surface area contributed by atoms with E-state index in [1.165, 1.54) is 0 Å². The predicted molar refractivity (Wildman–Crippen MR) is 103 cm³/mol. The van der Waals surface area contributed by atoms with Crippen molar-refractivity contribution in [3.63, 3.8) is 0 Å². The van der Waals surface area contributed by atoms with Crippen molar-refractivity contribution in [3.8, 4) is 5.75 Å². The number of amides is 2. The fourth-order valence-corrected chi connectivity index (χ4v) is 4.65. The molecule has 1 aromatic carbocycles. The highest BCUT2D eigenvalue weighted by molar-refractivity contribution is 5.93. The van der Waals surface area contributed by atoms with Crippen LogP contribution in [0.3, 0.4) is 0 Å². The molecule has 2 aromatic rings. The van der Waals surface area contributed by atoms with Gasteiger partial charge in [-0.2, -0.15) is 0 Å². The second-order valence-electron chi connectivity index (χ2n) is 7.74. The Balaban J connectivity index is 1.29. The first-order valence-corrected chi connectivity index (χ1v) is 9.69. The average molecular weight is 394 g/mol. The predicted octanol–water partition coefficient (Wildman–Crippen LogP) is 1.89. The molecule has 0 aliphatic carbocycles. The number of carbonyl (C=O) groups excluding carboxylic acids is 2. The molecule has 2 amide bonds. The zero-order chi connectivity index (χ0) is 20.0. The molecule has 1 N–H and O–H groups in total. The summed E-state index contributed by atoms with van der Waals surface area (Å²) in [5.74, 6) is 0.249. The first-order valence-electron chi connectivity index (χ1n) is 9.69. The molecule has 4 heterocycles. The number of ether oxygens (including phenoxy) is 2. The second-order valence-corrected chi connectivity index (χ2v) is 7.74. The van der Waals surface area contributed by atoms with Crippen LogP contribution in [0.25, 0.3) is 0 Å². The van der Waals surface area contributed by atoms with Gasteiger partial charge in [0.2, 0.25) is 11.8 Å². The maximum Gasteiger partial charge on any atom is 0.230 e. The zero-order valence-corrected chi connectivity index (χ0v) is 16.0. The largest absolute Gasteiger partial charge is 0.497 e. The van der Waals surface area contributed by atoms with Crippen LogP contribution in [0.15, 0.2) is 59.2 Å². The third-order valence-corrected chi connectivity index (χ3v) is 6.03. The number of methoxy groups -OCH3 is 1. The molecule has 2 saturated heterocycles. The van der Waals surface area contributed by atoms with Crippen molar-refractivity contribution < 1.29 is 23.5 Å². The Bertz CT molecular complexity index is 952. The summed E-state index contributed by atoms with van der Waals surface area (Å²) in [5.41, 5.74) is 0.252. The van der Waals surface area contributed by atoms with Crippen LogP contribution in [-0.2, 0) is 27.4 Å². The molecule has 3 aliphatic rings. The van der Waals surface area contributed by atoms with Gasteiger partial charge < -0.3 is 24.1 Å². The maximum atomic E-state index is 13.1. The van der Waals surface area contributed by atoms with Gasteiger partial charge in [0.05, 0.1) is 44.4 Å². The summed E-state index contributed by atoms with van der Waals surface area (Å²) in [7, 11) is 1.61. The van der Waals surface area contributed by atoms with E-state index in [2.05, 4.69) is 5.32 Å². The van der Waals surface area contributed by atoms with Gasteiger partial charge in [-0.25, -0.2) is 0 Å². The molecule has 1 spiro atoms. The smallest absolute Gasteiger partial charge is 0.230 e. The number of fused-ring (bicyclic) bond motifs is 1. The van der Waals surface area contributed by atoms with Crippen LogP contribution in [-0.4, -0.2) is 42.1 Å². The van der Waals surface area contributed by atoms with E-state index in [-0.39, 0.29) is 17.9 Å². The van der Waals surface area contributed by atoms with Gasteiger partial charge in [-0.15, -0.1) is 0 Å². The van der Waals surface area contributed by atoms with Crippen molar-refractivity contribution in [2.24, 2.45) is 11.8 Å². The monoisotopic (exact) mass is 394 g/mol. The van der Waals surface area contributed by atoms with Crippen LogP contribution in [0.4, 0.5) is 0 Å². The minimum atomic E-state index is -0.712. The van der Waals surface area contributed by atoms with Gasteiger partial charge in [0.25, 0.3) is 0 Å². The Hall–Kier alpha value is -3.06. The Morgan fingerprint density at radius 3 is 2.86 bits per heavy atom. The van der Waals surface area contributed by atoms with Crippen LogP contribution < -0.4 is 10.1 Å². The summed E-state index contributed by atoms with van der Waals surface area (Å²) < 4.78 is 16.7. The number of furan rings is 1. The fourth-order valence-electron chi connectivity index (χ4n) is 4.65. The van der Waals surface area contributed by atoms with Crippen molar-refractivity contribution >= 4 is 11.8 Å². The van der Waals surface area contributed by atoms with Crippen LogP contribution in [0.1, 0.15) is 11.3 Å². The molecule has 2 bridgehead atoms. The summed E-state index contributed by atoms with van der Waals surface area (Å²) in [4.78, 5) is 27.9. The second kappa shape index (κ2) is 6.77. The average Bonchev–Trinajstić information content (AvgIpc) is 3.50. The van der Waals surface area contributed by atoms with Gasteiger partial charge in [0.1, 0.15) is 17.1 Å². The topological polar surface area (TPSA) is 81.0 Å². The Morgan fingerprint density at radius 2 is 2.14 bits per heavy atom. The highest BCUT2D eigenvalue weighted by Gasteiger charge is 2.66. The number of benzene rings is 1. The molecule has 29 heavy (non-hydrogen) atoms. The quantitative estimate of drug-likeness (QED) is 0.757. The van der Waals surface area contributed by atoms with Crippen molar-refractivity contribution in [2.75, 3.05) is 13.7 Å². The van der Waals surface area contributed by atoms with Crippen LogP contribution in [0.2, 0.25) is 0 Å². The molecule has 0 unspecified atom stereocenters. The van der Waals surface area contributed by atoms with E-state index in [1.807, 2.05) is 42.5 Å². The maximum absolute atomic E-state index is 13.1. The van der Waals surface area contributed by atoms with Gasteiger partial charge in [0, 0.05) is 6.54 Å². The lowest BCUT2D eigenvalue weighted by molar-refractivity contribution is -0.138. The lowest BCUT2D eigenvalue weighted by Gasteiger charge is -2.23. The van der Waals surface area contributed by atoms with Crippen LogP contribution in [0.5, 0.6) is 5.75 Å². The normalized spacial score (nSPS) is 29.3. The van der Waals surface area contributed by atoms with Crippen LogP contribution >= 0.6 is 0 Å². The molecule has 7 heteroatoms. The highest BCUT2D eigenvalue weighted by Crippen LogP contribution is 2.52. The molecular weight excluding hydrogens is 372 g/mol. The first kappa shape index (κ1) is 18.0. The van der Waals surface area contributed by atoms with Crippen molar-refractivity contribution in [1.29, 1.82) is 0 Å². The molecule has 5 rings (SSSR count). The molecule has 2 fully saturated rings. The Kier molecular flexibility index (Phi) is 4.20. The van der Waals surface area contributed by atoms with E-state index in [9.17, 15) is 9.59 Å².